The van der Waals surface area contributed by atoms with E-state index in [0.717, 1.165) is 27.5 Å². The smallest absolute Gasteiger partial charge is 0.191 e. The molecule has 0 aliphatic carbocycles. The molecule has 0 unspecified atom stereocenters. The molecule has 3 aromatic carbocycles. The lowest BCUT2D eigenvalue weighted by molar-refractivity contribution is 0.893. The highest BCUT2D eigenvalue weighted by atomic mass is 32.2. The van der Waals surface area contributed by atoms with E-state index in [9.17, 15) is 0 Å². The zero-order valence-electron chi connectivity index (χ0n) is 18.4. The lowest BCUT2D eigenvalue weighted by Crippen LogP contribution is -2.12. The van der Waals surface area contributed by atoms with E-state index in [4.69, 9.17) is 15.7 Å². The van der Waals surface area contributed by atoms with Gasteiger partial charge in [-0.15, -0.1) is 23.1 Å². The average Bonchev–Trinajstić information content (AvgIpc) is 3.27. The van der Waals surface area contributed by atoms with Gasteiger partial charge in [0.1, 0.15) is 10.6 Å². The van der Waals surface area contributed by atoms with Gasteiger partial charge >= 0.3 is 0 Å². The lowest BCUT2D eigenvalue weighted by Gasteiger charge is -2.30. The summed E-state index contributed by atoms with van der Waals surface area (Å²) in [5.41, 5.74) is 11.9. The highest BCUT2D eigenvalue weighted by Gasteiger charge is 2.34. The SMILES string of the molecule is Nc1nc(SCc2ccccc2)nc2sc3c(c12)C[C@@H](c1ccccc1)S[C@@H]3c1ccccc1. The number of nitrogens with two attached hydrogens (primary N) is 1. The second-order valence-corrected chi connectivity index (χ2v) is 11.6. The van der Waals surface area contributed by atoms with Gasteiger partial charge in [0.25, 0.3) is 0 Å². The van der Waals surface area contributed by atoms with Gasteiger partial charge in [-0.1, -0.05) is 103 Å². The number of fused-ring (bicyclic) bond motifs is 3. The van der Waals surface area contributed by atoms with Crippen LogP contribution in [0.2, 0.25) is 0 Å². The van der Waals surface area contributed by atoms with Gasteiger partial charge in [-0.2, -0.15) is 0 Å². The van der Waals surface area contributed by atoms with Gasteiger partial charge < -0.3 is 5.73 Å². The minimum atomic E-state index is 0.258. The van der Waals surface area contributed by atoms with Crippen LogP contribution in [-0.4, -0.2) is 9.97 Å². The number of thiophene rings is 1. The fraction of sp³-hybridized carbons (Fsp3) is 0.143. The molecule has 168 valence electrons. The Morgan fingerprint density at radius 3 is 2.18 bits per heavy atom. The number of nitrogens with zero attached hydrogens (tertiary/aromatic N) is 2. The highest BCUT2D eigenvalue weighted by molar-refractivity contribution is 8.00. The predicted octanol–water partition coefficient (Wildman–Crippen LogP) is 7.69. The number of anilines is 1. The Labute approximate surface area is 211 Å². The number of nitrogen functional groups attached to an aromatic ring is 1. The molecule has 0 saturated heterocycles. The van der Waals surface area contributed by atoms with Gasteiger partial charge in [-0.3, -0.25) is 0 Å². The largest absolute Gasteiger partial charge is 0.383 e. The molecule has 3 nitrogen and oxygen atoms in total. The lowest BCUT2D eigenvalue weighted by atomic mass is 9.98. The summed E-state index contributed by atoms with van der Waals surface area (Å²) in [4.78, 5) is 12.1. The van der Waals surface area contributed by atoms with Crippen LogP contribution in [0.3, 0.4) is 0 Å². The van der Waals surface area contributed by atoms with Crippen LogP contribution >= 0.6 is 34.9 Å². The molecule has 34 heavy (non-hydrogen) atoms. The van der Waals surface area contributed by atoms with Gasteiger partial charge in [-0.05, 0) is 28.7 Å². The van der Waals surface area contributed by atoms with Crippen molar-refractivity contribution >= 4 is 50.9 Å². The Morgan fingerprint density at radius 2 is 1.47 bits per heavy atom. The molecule has 1 aliphatic rings. The van der Waals surface area contributed by atoms with E-state index in [2.05, 4.69) is 84.9 Å². The summed E-state index contributed by atoms with van der Waals surface area (Å²) in [6, 6.07) is 32.0. The third kappa shape index (κ3) is 4.22. The maximum absolute atomic E-state index is 6.60. The van der Waals surface area contributed by atoms with Crippen molar-refractivity contribution in [1.82, 2.24) is 9.97 Å². The van der Waals surface area contributed by atoms with Crippen LogP contribution in [0.4, 0.5) is 5.82 Å². The van der Waals surface area contributed by atoms with Crippen molar-refractivity contribution in [1.29, 1.82) is 0 Å². The molecule has 0 spiro atoms. The Bertz CT molecular complexity index is 1420. The van der Waals surface area contributed by atoms with Crippen molar-refractivity contribution in [2.75, 3.05) is 5.73 Å². The minimum Gasteiger partial charge on any atom is -0.383 e. The fourth-order valence-electron chi connectivity index (χ4n) is 4.47. The van der Waals surface area contributed by atoms with Crippen LogP contribution in [0.15, 0.2) is 96.2 Å². The summed E-state index contributed by atoms with van der Waals surface area (Å²) < 4.78 is 0. The topological polar surface area (TPSA) is 51.8 Å². The summed E-state index contributed by atoms with van der Waals surface area (Å²) >= 11 is 5.46. The van der Waals surface area contributed by atoms with Gasteiger partial charge in [0.15, 0.2) is 5.16 Å². The van der Waals surface area contributed by atoms with Crippen LogP contribution < -0.4 is 5.73 Å². The van der Waals surface area contributed by atoms with Gasteiger partial charge in [0.05, 0.1) is 10.6 Å². The van der Waals surface area contributed by atoms with Crippen LogP contribution in [-0.2, 0) is 12.2 Å². The van der Waals surface area contributed by atoms with E-state index in [1.54, 1.807) is 23.1 Å². The quantitative estimate of drug-likeness (QED) is 0.199. The maximum Gasteiger partial charge on any atom is 0.191 e. The van der Waals surface area contributed by atoms with Crippen LogP contribution in [0.1, 0.15) is 37.6 Å². The number of hydrogen-bond acceptors (Lipinski definition) is 6. The number of hydrogen-bond donors (Lipinski definition) is 1. The number of aromatic nitrogens is 2. The second-order valence-electron chi connectivity index (χ2n) is 8.32. The Kier molecular flexibility index (Phi) is 6.04. The Balaban J connectivity index is 1.42. The fourth-order valence-corrected chi connectivity index (χ4v) is 8.35. The van der Waals surface area contributed by atoms with E-state index in [1.807, 2.05) is 17.8 Å². The predicted molar refractivity (Wildman–Crippen MR) is 147 cm³/mol. The molecule has 2 atom stereocenters. The number of rotatable bonds is 5. The molecule has 0 bridgehead atoms. The van der Waals surface area contributed by atoms with Crippen molar-refractivity contribution in [3.05, 3.63) is 118 Å². The van der Waals surface area contributed by atoms with Gasteiger partial charge in [0.2, 0.25) is 0 Å². The third-order valence-electron chi connectivity index (χ3n) is 6.10. The molecule has 0 amide bonds. The molecule has 0 radical (unpaired) electrons. The summed E-state index contributed by atoms with van der Waals surface area (Å²) in [5, 5.41) is 2.42. The van der Waals surface area contributed by atoms with Crippen molar-refractivity contribution in [3.63, 3.8) is 0 Å². The first-order valence-electron chi connectivity index (χ1n) is 11.3. The molecule has 5 aromatic rings. The van der Waals surface area contributed by atoms with E-state index >= 15 is 0 Å². The Morgan fingerprint density at radius 1 is 0.824 bits per heavy atom. The summed E-state index contributed by atoms with van der Waals surface area (Å²) in [7, 11) is 0. The first-order valence-corrected chi connectivity index (χ1v) is 14.0. The molecule has 6 heteroatoms. The van der Waals surface area contributed by atoms with E-state index in [-0.39, 0.29) is 5.25 Å². The van der Waals surface area contributed by atoms with Crippen molar-refractivity contribution < 1.29 is 0 Å². The van der Waals surface area contributed by atoms with Crippen LogP contribution in [0.25, 0.3) is 10.2 Å². The van der Waals surface area contributed by atoms with Crippen LogP contribution in [0, 0.1) is 0 Å². The van der Waals surface area contributed by atoms with E-state index in [0.29, 0.717) is 11.1 Å². The molecule has 3 heterocycles. The highest BCUT2D eigenvalue weighted by Crippen LogP contribution is 2.55. The summed E-state index contributed by atoms with van der Waals surface area (Å²) in [6.07, 6.45) is 0.942. The van der Waals surface area contributed by atoms with Gasteiger partial charge in [-0.25, -0.2) is 9.97 Å². The second kappa shape index (κ2) is 9.45. The first kappa shape index (κ1) is 21.7. The zero-order valence-corrected chi connectivity index (χ0v) is 20.9. The molecule has 2 N–H and O–H groups in total. The van der Waals surface area contributed by atoms with Crippen molar-refractivity contribution in [3.8, 4) is 0 Å². The summed E-state index contributed by atoms with van der Waals surface area (Å²) in [6.45, 7) is 0. The van der Waals surface area contributed by atoms with E-state index < -0.39 is 0 Å². The minimum absolute atomic E-state index is 0.258. The van der Waals surface area contributed by atoms with E-state index in [1.165, 1.54) is 27.1 Å². The molecule has 2 aromatic heterocycles. The average molecular weight is 498 g/mol. The standard InChI is InChI=1S/C28H23N3S3/c29-26-23-21-16-22(19-12-6-2-7-13-19)33-24(20-14-8-3-9-15-20)25(21)34-27(23)31-28(30-26)32-17-18-10-4-1-5-11-18/h1-15,22,24H,16-17H2,(H2,29,30,31)/t22-,24+/m0/s1. The third-order valence-corrected chi connectivity index (χ3v) is 9.91. The first-order chi connectivity index (χ1) is 16.8. The monoisotopic (exact) mass is 497 g/mol. The molecular formula is C28H23N3S3. The van der Waals surface area contributed by atoms with Gasteiger partial charge in [0, 0.05) is 15.9 Å². The number of thioether (sulfide) groups is 2. The normalized spacial score (nSPS) is 17.5. The number of benzene rings is 3. The molecular weight excluding hydrogens is 475 g/mol. The Hall–Kier alpha value is -2.80. The van der Waals surface area contributed by atoms with Crippen molar-refractivity contribution in [2.24, 2.45) is 0 Å². The summed E-state index contributed by atoms with van der Waals surface area (Å²) in [5.74, 6) is 1.43. The van der Waals surface area contributed by atoms with Crippen molar-refractivity contribution in [2.45, 2.75) is 27.8 Å². The molecule has 6 rings (SSSR count). The molecule has 0 saturated carbocycles. The van der Waals surface area contributed by atoms with Crippen LogP contribution in [0.5, 0.6) is 0 Å². The molecule has 0 fully saturated rings. The molecule has 1 aliphatic heterocycles. The maximum atomic E-state index is 6.60. The zero-order chi connectivity index (χ0) is 22.9.